The van der Waals surface area contributed by atoms with Crippen molar-refractivity contribution in [2.24, 2.45) is 0 Å². The van der Waals surface area contributed by atoms with Gasteiger partial charge in [-0.3, -0.25) is 9.36 Å². The Morgan fingerprint density at radius 3 is 2.95 bits per heavy atom. The van der Waals surface area contributed by atoms with E-state index in [9.17, 15) is 4.79 Å². The van der Waals surface area contributed by atoms with Crippen LogP contribution >= 0.6 is 0 Å². The van der Waals surface area contributed by atoms with Crippen molar-refractivity contribution in [1.82, 2.24) is 34.6 Å². The van der Waals surface area contributed by atoms with Crippen LogP contribution in [0.1, 0.15) is 18.5 Å². The second kappa shape index (κ2) is 6.17. The second-order valence-electron chi connectivity index (χ2n) is 4.73. The Morgan fingerprint density at radius 2 is 2.23 bits per heavy atom. The maximum absolute atomic E-state index is 12.2. The largest absolute Gasteiger partial charge is 0.350 e. The van der Waals surface area contributed by atoms with Gasteiger partial charge in [-0.05, 0) is 13.0 Å². The van der Waals surface area contributed by atoms with E-state index in [-0.39, 0.29) is 5.91 Å². The van der Waals surface area contributed by atoms with Crippen molar-refractivity contribution >= 4 is 5.91 Å². The monoisotopic (exact) mass is 297 g/mol. The number of pyridine rings is 1. The lowest BCUT2D eigenvalue weighted by molar-refractivity contribution is -0.124. The van der Waals surface area contributed by atoms with Crippen LogP contribution in [0.4, 0.5) is 0 Å². The molecule has 3 heterocycles. The number of aromatic nitrogens is 6. The number of rotatable bonds is 5. The standard InChI is InChI=1S/C14H15N7O/c1-11(21-10-16-8-19-21)14(22)18-7-12-3-2-4-17-13(12)20-6-5-15-9-20/h2-6,8-11H,7H2,1H3,(H,18,22). The van der Waals surface area contributed by atoms with Crippen molar-refractivity contribution in [3.05, 3.63) is 55.3 Å². The Bertz CT molecular complexity index is 736. The van der Waals surface area contributed by atoms with Crippen LogP contribution in [0.3, 0.4) is 0 Å². The molecule has 8 heteroatoms. The summed E-state index contributed by atoms with van der Waals surface area (Å²) in [5, 5.41) is 6.86. The molecule has 112 valence electrons. The molecule has 0 bridgehead atoms. The van der Waals surface area contributed by atoms with Gasteiger partial charge in [0.15, 0.2) is 0 Å². The Balaban J connectivity index is 1.71. The minimum Gasteiger partial charge on any atom is -0.350 e. The van der Waals surface area contributed by atoms with Gasteiger partial charge in [-0.2, -0.15) is 5.10 Å². The first-order chi connectivity index (χ1) is 10.8. The number of hydrogen-bond acceptors (Lipinski definition) is 5. The molecule has 3 aromatic heterocycles. The highest BCUT2D eigenvalue weighted by atomic mass is 16.2. The van der Waals surface area contributed by atoms with Crippen LogP contribution in [0.15, 0.2) is 49.7 Å². The van der Waals surface area contributed by atoms with Crippen LogP contribution < -0.4 is 5.32 Å². The zero-order valence-electron chi connectivity index (χ0n) is 12.0. The van der Waals surface area contributed by atoms with Gasteiger partial charge in [-0.1, -0.05) is 6.07 Å². The lowest BCUT2D eigenvalue weighted by Gasteiger charge is -2.13. The van der Waals surface area contributed by atoms with Crippen molar-refractivity contribution in [2.75, 3.05) is 0 Å². The first kappa shape index (κ1) is 13.9. The summed E-state index contributed by atoms with van der Waals surface area (Å²) in [4.78, 5) is 24.4. The van der Waals surface area contributed by atoms with Crippen molar-refractivity contribution in [2.45, 2.75) is 19.5 Å². The highest BCUT2D eigenvalue weighted by Gasteiger charge is 2.15. The lowest BCUT2D eigenvalue weighted by Crippen LogP contribution is -2.31. The minimum absolute atomic E-state index is 0.133. The Kier molecular flexibility index (Phi) is 3.90. The van der Waals surface area contributed by atoms with E-state index in [1.165, 1.54) is 17.3 Å². The lowest BCUT2D eigenvalue weighted by atomic mass is 10.2. The second-order valence-corrected chi connectivity index (χ2v) is 4.73. The van der Waals surface area contributed by atoms with Gasteiger partial charge in [0, 0.05) is 30.7 Å². The quantitative estimate of drug-likeness (QED) is 0.750. The smallest absolute Gasteiger partial charge is 0.244 e. The molecule has 3 aromatic rings. The van der Waals surface area contributed by atoms with E-state index >= 15 is 0 Å². The molecule has 0 aliphatic rings. The molecule has 0 spiro atoms. The van der Waals surface area contributed by atoms with Gasteiger partial charge < -0.3 is 5.32 Å². The van der Waals surface area contributed by atoms with E-state index < -0.39 is 6.04 Å². The normalized spacial score (nSPS) is 12.0. The molecule has 1 amide bonds. The summed E-state index contributed by atoms with van der Waals surface area (Å²) in [5.41, 5.74) is 0.902. The summed E-state index contributed by atoms with van der Waals surface area (Å²) in [6, 6.07) is 3.33. The third kappa shape index (κ3) is 2.85. The summed E-state index contributed by atoms with van der Waals surface area (Å²) in [6.45, 7) is 2.14. The number of nitrogens with zero attached hydrogens (tertiary/aromatic N) is 6. The third-order valence-corrected chi connectivity index (χ3v) is 3.28. The van der Waals surface area contributed by atoms with Crippen LogP contribution in [0.25, 0.3) is 5.82 Å². The number of nitrogens with one attached hydrogen (secondary N) is 1. The van der Waals surface area contributed by atoms with Gasteiger partial charge >= 0.3 is 0 Å². The van der Waals surface area contributed by atoms with E-state index in [4.69, 9.17) is 0 Å². The molecule has 1 N–H and O–H groups in total. The van der Waals surface area contributed by atoms with E-state index in [0.29, 0.717) is 6.54 Å². The average molecular weight is 297 g/mol. The third-order valence-electron chi connectivity index (χ3n) is 3.28. The maximum Gasteiger partial charge on any atom is 0.244 e. The van der Waals surface area contributed by atoms with Gasteiger partial charge in [0.2, 0.25) is 5.91 Å². The van der Waals surface area contributed by atoms with Crippen molar-refractivity contribution in [3.63, 3.8) is 0 Å². The van der Waals surface area contributed by atoms with Crippen LogP contribution in [0.2, 0.25) is 0 Å². The van der Waals surface area contributed by atoms with Gasteiger partial charge in [0.25, 0.3) is 0 Å². The summed E-state index contributed by atoms with van der Waals surface area (Å²) < 4.78 is 3.32. The number of carbonyl (C=O) groups excluding carboxylic acids is 1. The number of hydrogen-bond donors (Lipinski definition) is 1. The SMILES string of the molecule is CC(C(=O)NCc1cccnc1-n1ccnc1)n1cncn1. The number of amides is 1. The fourth-order valence-electron chi connectivity index (χ4n) is 2.05. The molecule has 0 saturated heterocycles. The molecule has 1 atom stereocenters. The molecule has 1 unspecified atom stereocenters. The zero-order valence-corrected chi connectivity index (χ0v) is 12.0. The molecule has 3 rings (SSSR count). The fraction of sp³-hybridized carbons (Fsp3) is 0.214. The van der Waals surface area contributed by atoms with Crippen LogP contribution in [-0.4, -0.2) is 35.2 Å². The number of imidazole rings is 1. The molecule has 0 radical (unpaired) electrons. The van der Waals surface area contributed by atoms with Gasteiger partial charge in [0.1, 0.15) is 30.8 Å². The van der Waals surface area contributed by atoms with E-state index in [2.05, 4.69) is 25.4 Å². The van der Waals surface area contributed by atoms with Crippen molar-refractivity contribution in [3.8, 4) is 5.82 Å². The average Bonchev–Trinajstić information content (AvgIpc) is 3.25. The summed E-state index contributed by atoms with van der Waals surface area (Å²) in [7, 11) is 0. The Hall–Kier alpha value is -3.03. The zero-order chi connectivity index (χ0) is 15.4. The molecular weight excluding hydrogens is 282 g/mol. The Morgan fingerprint density at radius 1 is 1.32 bits per heavy atom. The van der Waals surface area contributed by atoms with E-state index in [0.717, 1.165) is 11.4 Å². The van der Waals surface area contributed by atoms with E-state index in [1.807, 2.05) is 22.9 Å². The summed E-state index contributed by atoms with van der Waals surface area (Å²) in [5.74, 6) is 0.611. The molecule has 0 aliphatic heterocycles. The molecule has 0 aromatic carbocycles. The first-order valence-electron chi connectivity index (χ1n) is 6.80. The predicted octanol–water partition coefficient (Wildman–Crippen LogP) is 0.736. The molecular formula is C14H15N7O. The highest BCUT2D eigenvalue weighted by Crippen LogP contribution is 2.11. The van der Waals surface area contributed by atoms with Crippen molar-refractivity contribution < 1.29 is 4.79 Å². The molecule has 8 nitrogen and oxygen atoms in total. The van der Waals surface area contributed by atoms with Crippen molar-refractivity contribution in [1.29, 1.82) is 0 Å². The van der Waals surface area contributed by atoms with Gasteiger partial charge in [-0.15, -0.1) is 0 Å². The van der Waals surface area contributed by atoms with Crippen LogP contribution in [-0.2, 0) is 11.3 Å². The first-order valence-corrected chi connectivity index (χ1v) is 6.80. The van der Waals surface area contributed by atoms with Gasteiger partial charge in [0.05, 0.1) is 0 Å². The minimum atomic E-state index is -0.420. The summed E-state index contributed by atoms with van der Waals surface area (Å²) in [6.07, 6.45) is 9.80. The highest BCUT2D eigenvalue weighted by molar-refractivity contribution is 5.79. The molecule has 0 fully saturated rings. The predicted molar refractivity (Wildman–Crippen MR) is 77.9 cm³/mol. The Labute approximate surface area is 126 Å². The van der Waals surface area contributed by atoms with E-state index in [1.54, 1.807) is 25.6 Å². The number of carbonyl (C=O) groups is 1. The molecule has 22 heavy (non-hydrogen) atoms. The maximum atomic E-state index is 12.2. The van der Waals surface area contributed by atoms with Crippen LogP contribution in [0.5, 0.6) is 0 Å². The van der Waals surface area contributed by atoms with Gasteiger partial charge in [-0.25, -0.2) is 19.6 Å². The summed E-state index contributed by atoms with van der Waals surface area (Å²) >= 11 is 0. The topological polar surface area (TPSA) is 90.5 Å². The van der Waals surface area contributed by atoms with Crippen LogP contribution in [0, 0.1) is 0 Å². The molecule has 0 saturated carbocycles. The fourth-order valence-corrected chi connectivity index (χ4v) is 2.05. The molecule has 0 aliphatic carbocycles.